The summed E-state index contributed by atoms with van der Waals surface area (Å²) in [6, 6.07) is 9.25. The maximum atomic E-state index is 13.5. The van der Waals surface area contributed by atoms with Crippen molar-refractivity contribution in [2.45, 2.75) is 38.4 Å². The normalized spacial score (nSPS) is 19.6. The van der Waals surface area contributed by atoms with Crippen LogP contribution in [0.5, 0.6) is 17.2 Å². The molecule has 3 amide bonds. The lowest BCUT2D eigenvalue weighted by Crippen LogP contribution is -2.56. The van der Waals surface area contributed by atoms with E-state index < -0.39 is 5.54 Å². The van der Waals surface area contributed by atoms with E-state index in [0.717, 1.165) is 5.56 Å². The highest BCUT2D eigenvalue weighted by Crippen LogP contribution is 2.43. The van der Waals surface area contributed by atoms with E-state index >= 15 is 0 Å². The quantitative estimate of drug-likeness (QED) is 0.623. The number of carbonyl (C=O) groups is 2. The Kier molecular flexibility index (Phi) is 5.57. The van der Waals surface area contributed by atoms with E-state index in [-0.39, 0.29) is 25.3 Å². The lowest BCUT2D eigenvalue weighted by atomic mass is 9.85. The lowest BCUT2D eigenvalue weighted by molar-refractivity contribution is -0.136. The topological polar surface area (TPSA) is 84.4 Å². The molecule has 2 aromatic rings. The molecule has 2 saturated heterocycles. The third-order valence-electron chi connectivity index (χ3n) is 6.79. The number of carbonyl (C=O) groups excluding carboxylic acids is 2. The Morgan fingerprint density at radius 1 is 1.12 bits per heavy atom. The number of methoxy groups -OCH3 is 1. The van der Waals surface area contributed by atoms with Crippen LogP contribution < -0.4 is 14.2 Å². The van der Waals surface area contributed by atoms with Crippen molar-refractivity contribution in [1.29, 1.82) is 0 Å². The van der Waals surface area contributed by atoms with Gasteiger partial charge in [0.15, 0.2) is 11.5 Å². The number of piperidine rings is 1. The Hall–Kier alpha value is -3.33. The van der Waals surface area contributed by atoms with Crippen LogP contribution in [-0.4, -0.2) is 70.7 Å². The van der Waals surface area contributed by atoms with Crippen molar-refractivity contribution in [1.82, 2.24) is 19.7 Å². The Morgan fingerprint density at radius 3 is 2.64 bits per heavy atom. The molecule has 9 nitrogen and oxygen atoms in total. The highest BCUT2D eigenvalue weighted by molar-refractivity contribution is 6.07. The summed E-state index contributed by atoms with van der Waals surface area (Å²) in [5, 5.41) is 0. The third-order valence-corrected chi connectivity index (χ3v) is 6.79. The van der Waals surface area contributed by atoms with E-state index in [1.165, 1.54) is 4.90 Å². The van der Waals surface area contributed by atoms with Gasteiger partial charge in [0.2, 0.25) is 12.5 Å². The van der Waals surface area contributed by atoms with Gasteiger partial charge in [-0.15, -0.1) is 0 Å². The van der Waals surface area contributed by atoms with Gasteiger partial charge in [0, 0.05) is 32.4 Å². The summed E-state index contributed by atoms with van der Waals surface area (Å²) in [5.41, 5.74) is 0.996. The fourth-order valence-corrected chi connectivity index (χ4v) is 5.11. The van der Waals surface area contributed by atoms with Crippen LogP contribution in [-0.2, 0) is 17.9 Å². The average molecular weight is 453 g/mol. The van der Waals surface area contributed by atoms with Crippen LogP contribution in [0.25, 0.3) is 0 Å². The fourth-order valence-electron chi connectivity index (χ4n) is 5.11. The van der Waals surface area contributed by atoms with Crippen molar-refractivity contribution in [3.05, 3.63) is 47.8 Å². The van der Waals surface area contributed by atoms with Gasteiger partial charge in [0.25, 0.3) is 5.91 Å². The summed E-state index contributed by atoms with van der Waals surface area (Å²) in [7, 11) is 1.62. The standard InChI is InChI=1S/C24H28N4O5/c1-3-28-23(30)27(15-18-6-4-5-9-25-18)22(29)24(28)7-10-26(11-8-24)14-17-12-19(31-2)21-20(13-17)32-16-33-21/h4-6,9,12-13H,3,7-8,10-11,14-16H2,1-2H3. The minimum absolute atomic E-state index is 0.107. The predicted molar refractivity (Wildman–Crippen MR) is 119 cm³/mol. The van der Waals surface area contributed by atoms with E-state index in [1.807, 2.05) is 37.3 Å². The number of likely N-dealkylation sites (tertiary alicyclic amines) is 1. The van der Waals surface area contributed by atoms with Gasteiger partial charge in [0.1, 0.15) is 5.54 Å². The Balaban J connectivity index is 1.30. The van der Waals surface area contributed by atoms with E-state index in [9.17, 15) is 9.59 Å². The molecule has 4 heterocycles. The number of pyridine rings is 1. The second-order valence-electron chi connectivity index (χ2n) is 8.58. The molecule has 3 aliphatic rings. The molecular formula is C24H28N4O5. The van der Waals surface area contributed by atoms with Crippen molar-refractivity contribution in [3.63, 3.8) is 0 Å². The van der Waals surface area contributed by atoms with Crippen LogP contribution in [0.1, 0.15) is 31.0 Å². The SMILES string of the molecule is CCN1C(=O)N(Cc2ccccn2)C(=O)C12CCN(Cc1cc(OC)c3c(c1)OCO3)CC2. The number of ether oxygens (including phenoxy) is 3. The molecule has 1 aromatic carbocycles. The number of fused-ring (bicyclic) bond motifs is 1. The summed E-state index contributed by atoms with van der Waals surface area (Å²) in [4.78, 5) is 36.3. The molecule has 33 heavy (non-hydrogen) atoms. The molecule has 174 valence electrons. The minimum atomic E-state index is -0.774. The Morgan fingerprint density at radius 2 is 1.94 bits per heavy atom. The zero-order valence-electron chi connectivity index (χ0n) is 19.0. The van der Waals surface area contributed by atoms with E-state index in [0.29, 0.717) is 62.0 Å². The molecule has 0 saturated carbocycles. The fraction of sp³-hybridized carbons (Fsp3) is 0.458. The molecule has 0 unspecified atom stereocenters. The summed E-state index contributed by atoms with van der Waals surface area (Å²) in [6.45, 7) is 4.96. The van der Waals surface area contributed by atoms with Crippen LogP contribution in [0.4, 0.5) is 4.79 Å². The number of likely N-dealkylation sites (N-methyl/N-ethyl adjacent to an activating group) is 1. The molecule has 9 heteroatoms. The van der Waals surface area contributed by atoms with Crippen molar-refractivity contribution >= 4 is 11.9 Å². The molecule has 3 aliphatic heterocycles. The number of urea groups is 1. The molecule has 5 rings (SSSR count). The van der Waals surface area contributed by atoms with Crippen LogP contribution in [0.15, 0.2) is 36.5 Å². The zero-order valence-corrected chi connectivity index (χ0v) is 19.0. The first-order valence-corrected chi connectivity index (χ1v) is 11.3. The zero-order chi connectivity index (χ0) is 23.0. The van der Waals surface area contributed by atoms with Gasteiger partial charge in [-0.25, -0.2) is 4.79 Å². The number of hydrogen-bond acceptors (Lipinski definition) is 7. The van der Waals surface area contributed by atoms with Gasteiger partial charge in [-0.3, -0.25) is 19.6 Å². The monoisotopic (exact) mass is 452 g/mol. The highest BCUT2D eigenvalue weighted by Gasteiger charge is 2.57. The molecule has 1 spiro atoms. The van der Waals surface area contributed by atoms with Gasteiger partial charge in [-0.1, -0.05) is 6.07 Å². The molecule has 0 aliphatic carbocycles. The first kappa shape index (κ1) is 21.5. The number of nitrogens with zero attached hydrogens (tertiary/aromatic N) is 4. The van der Waals surface area contributed by atoms with Gasteiger partial charge in [-0.05, 0) is 49.6 Å². The first-order valence-electron chi connectivity index (χ1n) is 11.3. The van der Waals surface area contributed by atoms with Crippen molar-refractivity contribution < 1.29 is 23.8 Å². The van der Waals surface area contributed by atoms with Crippen LogP contribution in [0.2, 0.25) is 0 Å². The number of hydrogen-bond donors (Lipinski definition) is 0. The molecule has 1 aromatic heterocycles. The molecular weight excluding hydrogens is 424 g/mol. The predicted octanol–water partition coefficient (Wildman–Crippen LogP) is 2.64. The smallest absolute Gasteiger partial charge is 0.328 e. The van der Waals surface area contributed by atoms with Crippen molar-refractivity contribution in [2.24, 2.45) is 0 Å². The molecule has 0 N–H and O–H groups in total. The molecule has 0 bridgehead atoms. The second kappa shape index (κ2) is 8.55. The Labute approximate surface area is 192 Å². The number of imide groups is 1. The third kappa shape index (κ3) is 3.66. The number of rotatable bonds is 6. The number of amides is 3. The van der Waals surface area contributed by atoms with E-state index in [2.05, 4.69) is 9.88 Å². The summed E-state index contributed by atoms with van der Waals surface area (Å²) in [5.74, 6) is 1.88. The van der Waals surface area contributed by atoms with E-state index in [1.54, 1.807) is 18.2 Å². The molecule has 0 atom stereocenters. The van der Waals surface area contributed by atoms with Gasteiger partial charge in [0.05, 0.1) is 19.3 Å². The number of aromatic nitrogens is 1. The van der Waals surface area contributed by atoms with E-state index in [4.69, 9.17) is 14.2 Å². The summed E-state index contributed by atoms with van der Waals surface area (Å²) in [6.07, 6.45) is 2.88. The maximum Gasteiger partial charge on any atom is 0.328 e. The Bertz CT molecular complexity index is 1050. The highest BCUT2D eigenvalue weighted by atomic mass is 16.7. The molecule has 2 fully saturated rings. The van der Waals surface area contributed by atoms with Gasteiger partial charge >= 0.3 is 6.03 Å². The summed E-state index contributed by atoms with van der Waals surface area (Å²) >= 11 is 0. The van der Waals surface area contributed by atoms with Gasteiger partial charge in [-0.2, -0.15) is 0 Å². The van der Waals surface area contributed by atoms with Crippen LogP contribution in [0, 0.1) is 0 Å². The summed E-state index contributed by atoms with van der Waals surface area (Å²) < 4.78 is 16.5. The largest absolute Gasteiger partial charge is 0.493 e. The lowest BCUT2D eigenvalue weighted by Gasteiger charge is -2.42. The average Bonchev–Trinajstić information content (AvgIpc) is 3.38. The maximum absolute atomic E-state index is 13.5. The van der Waals surface area contributed by atoms with Gasteiger partial charge < -0.3 is 19.1 Å². The first-order chi connectivity index (χ1) is 16.1. The number of benzene rings is 1. The van der Waals surface area contributed by atoms with Crippen LogP contribution >= 0.6 is 0 Å². The van der Waals surface area contributed by atoms with Crippen LogP contribution in [0.3, 0.4) is 0 Å². The second-order valence-corrected chi connectivity index (χ2v) is 8.58. The van der Waals surface area contributed by atoms with Crippen molar-refractivity contribution in [3.8, 4) is 17.2 Å². The minimum Gasteiger partial charge on any atom is -0.493 e. The molecule has 0 radical (unpaired) electrons. The van der Waals surface area contributed by atoms with Crippen molar-refractivity contribution in [2.75, 3.05) is 33.5 Å².